The van der Waals surface area contributed by atoms with E-state index in [4.69, 9.17) is 9.84 Å². The van der Waals surface area contributed by atoms with Crippen LogP contribution in [-0.2, 0) is 9.53 Å². The third-order valence-electron chi connectivity index (χ3n) is 2.13. The van der Waals surface area contributed by atoms with E-state index in [2.05, 4.69) is 5.32 Å². The zero-order valence-electron chi connectivity index (χ0n) is 11.1. The van der Waals surface area contributed by atoms with Crippen molar-refractivity contribution in [3.63, 3.8) is 0 Å². The topological polar surface area (TPSA) is 58.6 Å². The molecule has 1 atom stereocenters. The highest BCUT2D eigenvalue weighted by Crippen LogP contribution is 2.12. The summed E-state index contributed by atoms with van der Waals surface area (Å²) in [5, 5.41) is 11.9. The maximum atomic E-state index is 11.4. The van der Waals surface area contributed by atoms with Crippen LogP contribution >= 0.6 is 11.8 Å². The lowest BCUT2D eigenvalue weighted by atomic mass is 10.3. The van der Waals surface area contributed by atoms with Crippen LogP contribution in [-0.4, -0.2) is 47.9 Å². The molecule has 0 rings (SSSR count). The summed E-state index contributed by atoms with van der Waals surface area (Å²) in [6.45, 7) is 7.55. The summed E-state index contributed by atoms with van der Waals surface area (Å²) in [5.41, 5.74) is 0. The van der Waals surface area contributed by atoms with Gasteiger partial charge in [0.2, 0.25) is 5.91 Å². The molecule has 4 nitrogen and oxygen atoms in total. The van der Waals surface area contributed by atoms with E-state index in [1.54, 1.807) is 11.8 Å². The highest BCUT2D eigenvalue weighted by molar-refractivity contribution is 8.00. The fraction of sp³-hybridized carbons (Fsp3) is 0.917. The molecule has 0 saturated carbocycles. The number of aliphatic hydroxyl groups is 1. The number of rotatable bonds is 10. The molecule has 0 radical (unpaired) electrons. The summed E-state index contributed by atoms with van der Waals surface area (Å²) >= 11 is 1.57. The van der Waals surface area contributed by atoms with Crippen LogP contribution in [0, 0.1) is 0 Å². The van der Waals surface area contributed by atoms with Crippen molar-refractivity contribution >= 4 is 17.7 Å². The second-order valence-electron chi connectivity index (χ2n) is 4.26. The van der Waals surface area contributed by atoms with Crippen LogP contribution in [0.5, 0.6) is 0 Å². The molecule has 0 aromatic carbocycles. The predicted molar refractivity (Wildman–Crippen MR) is 72.3 cm³/mol. The average Bonchev–Trinajstić information content (AvgIpc) is 2.26. The molecule has 17 heavy (non-hydrogen) atoms. The third kappa shape index (κ3) is 12.0. The van der Waals surface area contributed by atoms with Gasteiger partial charge in [0.15, 0.2) is 0 Å². The van der Waals surface area contributed by atoms with Crippen molar-refractivity contribution in [1.29, 1.82) is 0 Å². The molecule has 0 fully saturated rings. The van der Waals surface area contributed by atoms with E-state index in [1.165, 1.54) is 0 Å². The average molecular weight is 263 g/mol. The number of ether oxygens (including phenoxy) is 1. The number of nitrogens with one attached hydrogen (secondary N) is 1. The minimum Gasteiger partial charge on any atom is -0.396 e. The Morgan fingerprint density at radius 2 is 2.12 bits per heavy atom. The molecule has 0 aromatic rings. The fourth-order valence-electron chi connectivity index (χ4n) is 1.15. The van der Waals surface area contributed by atoms with Gasteiger partial charge in [-0.2, -0.15) is 0 Å². The highest BCUT2D eigenvalue weighted by Gasteiger charge is 2.06. The Hall–Kier alpha value is -0.260. The van der Waals surface area contributed by atoms with Crippen molar-refractivity contribution in [2.45, 2.75) is 45.0 Å². The van der Waals surface area contributed by atoms with Gasteiger partial charge in [-0.05, 0) is 26.7 Å². The molecule has 0 heterocycles. The van der Waals surface area contributed by atoms with Gasteiger partial charge >= 0.3 is 0 Å². The van der Waals surface area contributed by atoms with Gasteiger partial charge in [-0.25, -0.2) is 0 Å². The number of carbonyl (C=O) groups is 1. The van der Waals surface area contributed by atoms with Crippen LogP contribution in [0.2, 0.25) is 0 Å². The summed E-state index contributed by atoms with van der Waals surface area (Å²) in [6, 6.07) is 0. The molecule has 1 unspecified atom stereocenters. The quantitative estimate of drug-likeness (QED) is 0.585. The number of thioether (sulfide) groups is 1. The molecule has 0 aliphatic rings. The van der Waals surface area contributed by atoms with Crippen molar-refractivity contribution in [2.24, 2.45) is 0 Å². The van der Waals surface area contributed by atoms with Crippen molar-refractivity contribution in [3.8, 4) is 0 Å². The van der Waals surface area contributed by atoms with Gasteiger partial charge in [-0.1, -0.05) is 6.92 Å². The maximum absolute atomic E-state index is 11.4. The smallest absolute Gasteiger partial charge is 0.230 e. The number of carbonyl (C=O) groups excluding carboxylic acids is 1. The Morgan fingerprint density at radius 1 is 1.41 bits per heavy atom. The Bertz CT molecular complexity index is 200. The van der Waals surface area contributed by atoms with Gasteiger partial charge in [0.1, 0.15) is 0 Å². The number of amides is 1. The summed E-state index contributed by atoms with van der Waals surface area (Å²) in [4.78, 5) is 11.4. The highest BCUT2D eigenvalue weighted by atomic mass is 32.2. The van der Waals surface area contributed by atoms with Gasteiger partial charge in [0, 0.05) is 25.0 Å². The molecular formula is C12H25NO3S. The second-order valence-corrected chi connectivity index (χ2v) is 5.68. The van der Waals surface area contributed by atoms with Gasteiger partial charge in [0.25, 0.3) is 0 Å². The van der Waals surface area contributed by atoms with E-state index in [9.17, 15) is 4.79 Å². The van der Waals surface area contributed by atoms with Crippen LogP contribution in [0.3, 0.4) is 0 Å². The lowest BCUT2D eigenvalue weighted by Crippen LogP contribution is -2.27. The standard InChI is InChI=1S/C12H25NO3S/c1-10(2)16-8-4-6-13-12(15)9-17-11(3)5-7-14/h10-11,14H,4-9H2,1-3H3,(H,13,15). The van der Waals surface area contributed by atoms with Crippen LogP contribution in [0.15, 0.2) is 0 Å². The molecule has 0 spiro atoms. The molecule has 0 aromatic heterocycles. The monoisotopic (exact) mass is 263 g/mol. The van der Waals surface area contributed by atoms with Crippen LogP contribution in [0.4, 0.5) is 0 Å². The molecule has 0 aliphatic carbocycles. The van der Waals surface area contributed by atoms with Gasteiger partial charge in [-0.3, -0.25) is 4.79 Å². The first kappa shape index (κ1) is 16.7. The van der Waals surface area contributed by atoms with E-state index < -0.39 is 0 Å². The minimum atomic E-state index is 0.0596. The Balaban J connectivity index is 3.34. The largest absolute Gasteiger partial charge is 0.396 e. The fourth-order valence-corrected chi connectivity index (χ4v) is 1.96. The molecule has 0 bridgehead atoms. The SMILES string of the molecule is CC(C)OCCCNC(=O)CSC(C)CCO. The first-order chi connectivity index (χ1) is 8.06. The first-order valence-corrected chi connectivity index (χ1v) is 7.22. The van der Waals surface area contributed by atoms with E-state index in [0.29, 0.717) is 24.2 Å². The molecule has 0 aliphatic heterocycles. The zero-order chi connectivity index (χ0) is 13.1. The van der Waals surface area contributed by atoms with E-state index >= 15 is 0 Å². The van der Waals surface area contributed by atoms with Crippen LogP contribution in [0.25, 0.3) is 0 Å². The Kier molecular flexibility index (Phi) is 10.7. The Morgan fingerprint density at radius 3 is 2.71 bits per heavy atom. The molecule has 2 N–H and O–H groups in total. The summed E-state index contributed by atoms with van der Waals surface area (Å²) in [6.07, 6.45) is 1.83. The first-order valence-electron chi connectivity index (χ1n) is 6.17. The van der Waals surface area contributed by atoms with Gasteiger partial charge < -0.3 is 15.2 Å². The van der Waals surface area contributed by atoms with Crippen molar-refractivity contribution in [3.05, 3.63) is 0 Å². The predicted octanol–water partition coefficient (Wildman–Crippen LogP) is 1.42. The Labute approximate surface area is 108 Å². The summed E-state index contributed by atoms with van der Waals surface area (Å²) in [7, 11) is 0. The van der Waals surface area contributed by atoms with Crippen molar-refractivity contribution < 1.29 is 14.6 Å². The normalized spacial score (nSPS) is 12.8. The zero-order valence-corrected chi connectivity index (χ0v) is 11.9. The van der Waals surface area contributed by atoms with Crippen molar-refractivity contribution in [1.82, 2.24) is 5.32 Å². The number of hydrogen-bond donors (Lipinski definition) is 2. The van der Waals surface area contributed by atoms with Crippen molar-refractivity contribution in [2.75, 3.05) is 25.5 Å². The van der Waals surface area contributed by atoms with E-state index in [1.807, 2.05) is 20.8 Å². The van der Waals surface area contributed by atoms with E-state index in [0.717, 1.165) is 12.8 Å². The van der Waals surface area contributed by atoms with Crippen LogP contribution < -0.4 is 5.32 Å². The molecular weight excluding hydrogens is 238 g/mol. The molecule has 102 valence electrons. The number of aliphatic hydroxyl groups excluding tert-OH is 1. The third-order valence-corrected chi connectivity index (χ3v) is 3.36. The van der Waals surface area contributed by atoms with Gasteiger partial charge in [0.05, 0.1) is 11.9 Å². The summed E-state index contributed by atoms with van der Waals surface area (Å²) < 4.78 is 5.37. The van der Waals surface area contributed by atoms with Crippen LogP contribution in [0.1, 0.15) is 33.6 Å². The second kappa shape index (κ2) is 10.9. The lowest BCUT2D eigenvalue weighted by Gasteiger charge is -2.10. The summed E-state index contributed by atoms with van der Waals surface area (Å²) in [5.74, 6) is 0.524. The van der Waals surface area contributed by atoms with Gasteiger partial charge in [-0.15, -0.1) is 11.8 Å². The number of hydrogen-bond acceptors (Lipinski definition) is 4. The lowest BCUT2D eigenvalue weighted by molar-refractivity contribution is -0.118. The maximum Gasteiger partial charge on any atom is 0.230 e. The van der Waals surface area contributed by atoms with E-state index in [-0.39, 0.29) is 18.6 Å². The molecule has 1 amide bonds. The minimum absolute atomic E-state index is 0.0596. The molecule has 0 saturated heterocycles. The molecule has 5 heteroatoms.